The van der Waals surface area contributed by atoms with Crippen LogP contribution in [0.15, 0.2) is 48.8 Å². The summed E-state index contributed by atoms with van der Waals surface area (Å²) in [6, 6.07) is 9.10. The van der Waals surface area contributed by atoms with Gasteiger partial charge in [-0.2, -0.15) is 0 Å². The minimum atomic E-state index is -1.13. The van der Waals surface area contributed by atoms with Gasteiger partial charge in [-0.15, -0.1) is 0 Å². The minimum Gasteiger partial charge on any atom is -0.479 e. The van der Waals surface area contributed by atoms with E-state index in [-0.39, 0.29) is 0 Å². The molecule has 1 amide bonds. The van der Waals surface area contributed by atoms with Crippen molar-refractivity contribution in [3.05, 3.63) is 65.5 Å². The maximum atomic E-state index is 12.1. The Bertz CT molecular complexity index is 626. The van der Waals surface area contributed by atoms with Crippen LogP contribution in [-0.4, -0.2) is 22.0 Å². The van der Waals surface area contributed by atoms with E-state index >= 15 is 0 Å². The molecule has 1 atom stereocenters. The van der Waals surface area contributed by atoms with Gasteiger partial charge in [-0.05, 0) is 25.1 Å². The van der Waals surface area contributed by atoms with E-state index in [0.29, 0.717) is 11.1 Å². The second kappa shape index (κ2) is 5.97. The number of carbonyl (C=O) groups excluding carboxylic acids is 1. The van der Waals surface area contributed by atoms with E-state index in [9.17, 15) is 14.7 Å². The second-order valence-electron chi connectivity index (χ2n) is 4.40. The molecule has 0 fully saturated rings. The van der Waals surface area contributed by atoms with Crippen molar-refractivity contribution in [3.8, 4) is 0 Å². The maximum Gasteiger partial charge on any atom is 0.330 e. The van der Waals surface area contributed by atoms with Gasteiger partial charge in [0.2, 0.25) is 0 Å². The Morgan fingerprint density at radius 1 is 1.25 bits per heavy atom. The number of pyridine rings is 1. The molecule has 2 N–H and O–H groups in total. The molecule has 102 valence electrons. The molecule has 0 aliphatic carbocycles. The predicted molar refractivity (Wildman–Crippen MR) is 73.3 cm³/mol. The first-order valence-electron chi connectivity index (χ1n) is 6.08. The Morgan fingerprint density at radius 3 is 2.65 bits per heavy atom. The SMILES string of the molecule is Cc1cccc(C(=O)NC(C(=O)O)c2cccnc2)c1. The molecule has 1 heterocycles. The largest absolute Gasteiger partial charge is 0.479 e. The van der Waals surface area contributed by atoms with Gasteiger partial charge in [0.05, 0.1) is 0 Å². The van der Waals surface area contributed by atoms with Crippen molar-refractivity contribution in [1.29, 1.82) is 0 Å². The summed E-state index contributed by atoms with van der Waals surface area (Å²) in [6.07, 6.45) is 2.97. The normalized spacial score (nSPS) is 11.7. The molecule has 1 aromatic heterocycles. The van der Waals surface area contributed by atoms with E-state index in [0.717, 1.165) is 5.56 Å². The lowest BCUT2D eigenvalue weighted by molar-refractivity contribution is -0.139. The molecule has 0 aliphatic heterocycles. The van der Waals surface area contributed by atoms with Crippen molar-refractivity contribution in [2.24, 2.45) is 0 Å². The zero-order chi connectivity index (χ0) is 14.5. The Morgan fingerprint density at radius 2 is 2.05 bits per heavy atom. The molecule has 0 spiro atoms. The van der Waals surface area contributed by atoms with Crippen molar-refractivity contribution in [2.75, 3.05) is 0 Å². The molecule has 1 aromatic carbocycles. The van der Waals surface area contributed by atoms with Crippen LogP contribution in [0.25, 0.3) is 0 Å². The van der Waals surface area contributed by atoms with Gasteiger partial charge >= 0.3 is 5.97 Å². The van der Waals surface area contributed by atoms with Gasteiger partial charge in [0, 0.05) is 23.5 Å². The summed E-state index contributed by atoms with van der Waals surface area (Å²) >= 11 is 0. The van der Waals surface area contributed by atoms with Crippen LogP contribution < -0.4 is 5.32 Å². The molecule has 0 saturated heterocycles. The highest BCUT2D eigenvalue weighted by Crippen LogP contribution is 2.13. The molecular formula is C15H14N2O3. The monoisotopic (exact) mass is 270 g/mol. The standard InChI is InChI=1S/C15H14N2O3/c1-10-4-2-5-11(8-10)14(18)17-13(15(19)20)12-6-3-7-16-9-12/h2-9,13H,1H3,(H,17,18)(H,19,20). The highest BCUT2D eigenvalue weighted by molar-refractivity contribution is 5.96. The molecule has 1 unspecified atom stereocenters. The number of aromatic nitrogens is 1. The summed E-state index contributed by atoms with van der Waals surface area (Å²) in [5, 5.41) is 11.7. The third-order valence-corrected chi connectivity index (χ3v) is 2.82. The van der Waals surface area contributed by atoms with E-state index in [1.165, 1.54) is 6.20 Å². The van der Waals surface area contributed by atoms with Crippen molar-refractivity contribution in [1.82, 2.24) is 10.3 Å². The summed E-state index contributed by atoms with van der Waals surface area (Å²) in [5.74, 6) is -1.55. The fraction of sp³-hybridized carbons (Fsp3) is 0.133. The van der Waals surface area contributed by atoms with Crippen LogP contribution in [0, 0.1) is 6.92 Å². The first kappa shape index (κ1) is 13.7. The zero-order valence-corrected chi connectivity index (χ0v) is 10.9. The highest BCUT2D eigenvalue weighted by Gasteiger charge is 2.22. The van der Waals surface area contributed by atoms with Gasteiger partial charge in [-0.1, -0.05) is 23.8 Å². The van der Waals surface area contributed by atoms with Crippen LogP contribution in [-0.2, 0) is 4.79 Å². The molecule has 0 radical (unpaired) electrons. The van der Waals surface area contributed by atoms with Crippen LogP contribution in [0.4, 0.5) is 0 Å². The number of aliphatic carboxylic acids is 1. The zero-order valence-electron chi connectivity index (χ0n) is 10.9. The number of nitrogens with zero attached hydrogens (tertiary/aromatic N) is 1. The number of hydrogen-bond acceptors (Lipinski definition) is 3. The average Bonchev–Trinajstić information content (AvgIpc) is 2.45. The summed E-state index contributed by atoms with van der Waals surface area (Å²) < 4.78 is 0. The molecule has 0 bridgehead atoms. The number of amides is 1. The molecular weight excluding hydrogens is 256 g/mol. The van der Waals surface area contributed by atoms with Crippen molar-refractivity contribution >= 4 is 11.9 Å². The molecule has 2 rings (SSSR count). The Balaban J connectivity index is 2.21. The fourth-order valence-corrected chi connectivity index (χ4v) is 1.84. The maximum absolute atomic E-state index is 12.1. The molecule has 0 saturated carbocycles. The predicted octanol–water partition coefficient (Wildman–Crippen LogP) is 1.95. The number of carbonyl (C=O) groups is 2. The van der Waals surface area contributed by atoms with Gasteiger partial charge < -0.3 is 10.4 Å². The van der Waals surface area contributed by atoms with E-state index in [1.54, 1.807) is 36.5 Å². The average molecular weight is 270 g/mol. The van der Waals surface area contributed by atoms with Crippen molar-refractivity contribution < 1.29 is 14.7 Å². The molecule has 5 heteroatoms. The van der Waals surface area contributed by atoms with Gasteiger partial charge in [-0.25, -0.2) is 4.79 Å². The summed E-state index contributed by atoms with van der Waals surface area (Å²) in [7, 11) is 0. The van der Waals surface area contributed by atoms with Gasteiger partial charge in [0.15, 0.2) is 6.04 Å². The lowest BCUT2D eigenvalue weighted by Gasteiger charge is -2.14. The second-order valence-corrected chi connectivity index (χ2v) is 4.40. The Kier molecular flexibility index (Phi) is 4.10. The third-order valence-electron chi connectivity index (χ3n) is 2.82. The Hall–Kier alpha value is -2.69. The number of carboxylic acids is 1. The van der Waals surface area contributed by atoms with Crippen LogP contribution in [0.1, 0.15) is 27.5 Å². The van der Waals surface area contributed by atoms with E-state index in [1.807, 2.05) is 13.0 Å². The summed E-state index contributed by atoms with van der Waals surface area (Å²) in [5.41, 5.74) is 1.80. The third kappa shape index (κ3) is 3.20. The smallest absolute Gasteiger partial charge is 0.330 e. The minimum absolute atomic E-state index is 0.426. The number of nitrogens with one attached hydrogen (secondary N) is 1. The van der Waals surface area contributed by atoms with Gasteiger partial charge in [0.1, 0.15) is 0 Å². The van der Waals surface area contributed by atoms with Gasteiger partial charge in [-0.3, -0.25) is 9.78 Å². The molecule has 2 aromatic rings. The van der Waals surface area contributed by atoms with Crippen LogP contribution in [0.2, 0.25) is 0 Å². The molecule has 0 aliphatic rings. The lowest BCUT2D eigenvalue weighted by Crippen LogP contribution is -2.33. The van der Waals surface area contributed by atoms with Gasteiger partial charge in [0.25, 0.3) is 5.91 Å². The van der Waals surface area contributed by atoms with Crippen LogP contribution >= 0.6 is 0 Å². The van der Waals surface area contributed by atoms with E-state index in [2.05, 4.69) is 10.3 Å². The molecule has 5 nitrogen and oxygen atoms in total. The fourth-order valence-electron chi connectivity index (χ4n) is 1.84. The van der Waals surface area contributed by atoms with E-state index in [4.69, 9.17) is 0 Å². The topological polar surface area (TPSA) is 79.3 Å². The number of hydrogen-bond donors (Lipinski definition) is 2. The quantitative estimate of drug-likeness (QED) is 0.890. The number of rotatable bonds is 4. The van der Waals surface area contributed by atoms with Crippen LogP contribution in [0.5, 0.6) is 0 Å². The number of aryl methyl sites for hydroxylation is 1. The first-order chi connectivity index (χ1) is 9.58. The summed E-state index contributed by atoms with van der Waals surface area (Å²) in [6.45, 7) is 1.87. The van der Waals surface area contributed by atoms with Crippen molar-refractivity contribution in [2.45, 2.75) is 13.0 Å². The van der Waals surface area contributed by atoms with Crippen LogP contribution in [0.3, 0.4) is 0 Å². The number of carboxylic acid groups (broad SMARTS) is 1. The van der Waals surface area contributed by atoms with E-state index < -0.39 is 17.9 Å². The lowest BCUT2D eigenvalue weighted by atomic mass is 10.1. The summed E-state index contributed by atoms with van der Waals surface area (Å²) in [4.78, 5) is 27.2. The van der Waals surface area contributed by atoms with Crippen molar-refractivity contribution in [3.63, 3.8) is 0 Å². The first-order valence-corrected chi connectivity index (χ1v) is 6.08. The Labute approximate surface area is 116 Å². The highest BCUT2D eigenvalue weighted by atomic mass is 16.4. The number of benzene rings is 1. The molecule has 20 heavy (non-hydrogen) atoms.